The molecule has 0 saturated carbocycles. The van der Waals surface area contributed by atoms with Crippen molar-refractivity contribution < 1.29 is 14.1 Å². The third-order valence-corrected chi connectivity index (χ3v) is 4.92. The van der Waals surface area contributed by atoms with Crippen LogP contribution in [0.3, 0.4) is 0 Å². The molecule has 1 aromatic heterocycles. The topological polar surface area (TPSA) is 87.5 Å². The Kier molecular flexibility index (Phi) is 7.58. The molecule has 1 fully saturated rings. The van der Waals surface area contributed by atoms with Gasteiger partial charge in [-0.15, -0.1) is 11.8 Å². The summed E-state index contributed by atoms with van der Waals surface area (Å²) in [7, 11) is 0. The van der Waals surface area contributed by atoms with Crippen LogP contribution in [0.4, 0.5) is 5.82 Å². The van der Waals surface area contributed by atoms with Gasteiger partial charge in [0.1, 0.15) is 5.76 Å². The second-order valence-electron chi connectivity index (χ2n) is 6.24. The number of hydrogen-bond donors (Lipinski definition) is 2. The number of nitrogens with one attached hydrogen (secondary N) is 2. The highest BCUT2D eigenvalue weighted by Gasteiger charge is 2.15. The number of carbonyl (C=O) groups excluding carboxylic acids is 2. The van der Waals surface area contributed by atoms with E-state index in [1.807, 2.05) is 0 Å². The van der Waals surface area contributed by atoms with Gasteiger partial charge in [0.25, 0.3) is 0 Å². The molecular weight excluding hydrogens is 328 g/mol. The monoisotopic (exact) mass is 354 g/mol. The first-order chi connectivity index (χ1) is 11.5. The molecule has 0 bridgehead atoms. The summed E-state index contributed by atoms with van der Waals surface area (Å²) >= 11 is 1.29. The summed E-state index contributed by atoms with van der Waals surface area (Å²) in [6, 6.07) is 1.65. The lowest BCUT2D eigenvalue weighted by Gasteiger charge is -2.30. The number of piperidine rings is 1. The lowest BCUT2D eigenvalue weighted by atomic mass is 9.99. The van der Waals surface area contributed by atoms with Crippen molar-refractivity contribution in [2.75, 3.05) is 43.0 Å². The molecule has 1 aromatic rings. The first kappa shape index (κ1) is 18.8. The molecule has 1 aliphatic rings. The Morgan fingerprint density at radius 3 is 2.71 bits per heavy atom. The van der Waals surface area contributed by atoms with Crippen molar-refractivity contribution in [1.82, 2.24) is 15.4 Å². The summed E-state index contributed by atoms with van der Waals surface area (Å²) in [5, 5.41) is 9.22. The van der Waals surface area contributed by atoms with E-state index in [1.54, 1.807) is 13.0 Å². The second kappa shape index (κ2) is 9.68. The zero-order chi connectivity index (χ0) is 17.4. The van der Waals surface area contributed by atoms with E-state index in [1.165, 1.54) is 24.6 Å². The number of aryl methyl sites for hydroxylation is 1. The van der Waals surface area contributed by atoms with Gasteiger partial charge < -0.3 is 20.1 Å². The molecular formula is C16H26N4O3S. The quantitative estimate of drug-likeness (QED) is 0.736. The van der Waals surface area contributed by atoms with Crippen LogP contribution < -0.4 is 10.6 Å². The first-order valence-electron chi connectivity index (χ1n) is 8.33. The van der Waals surface area contributed by atoms with Crippen LogP contribution in [0.15, 0.2) is 10.6 Å². The van der Waals surface area contributed by atoms with Crippen molar-refractivity contribution in [3.63, 3.8) is 0 Å². The predicted octanol–water partition coefficient (Wildman–Crippen LogP) is 1.50. The van der Waals surface area contributed by atoms with Gasteiger partial charge in [0.05, 0.1) is 11.5 Å². The largest absolute Gasteiger partial charge is 0.360 e. The van der Waals surface area contributed by atoms with Crippen LogP contribution in [0.25, 0.3) is 0 Å². The fraction of sp³-hybridized carbons (Fsp3) is 0.688. The van der Waals surface area contributed by atoms with Crippen molar-refractivity contribution >= 4 is 29.4 Å². The minimum atomic E-state index is -0.191. The maximum atomic E-state index is 11.8. The van der Waals surface area contributed by atoms with Gasteiger partial charge in [0.15, 0.2) is 5.82 Å². The number of hydrogen-bond acceptors (Lipinski definition) is 6. The predicted molar refractivity (Wildman–Crippen MR) is 95.0 cm³/mol. The van der Waals surface area contributed by atoms with Crippen molar-refractivity contribution in [3.8, 4) is 0 Å². The zero-order valence-corrected chi connectivity index (χ0v) is 15.2. The molecule has 0 spiro atoms. The minimum absolute atomic E-state index is 0.0320. The molecule has 0 radical (unpaired) electrons. The Balaban J connectivity index is 1.51. The zero-order valence-electron chi connectivity index (χ0n) is 14.3. The lowest BCUT2D eigenvalue weighted by molar-refractivity contribution is -0.118. The molecule has 0 unspecified atom stereocenters. The summed E-state index contributed by atoms with van der Waals surface area (Å²) in [5.74, 6) is 2.13. The smallest absolute Gasteiger partial charge is 0.235 e. The fourth-order valence-corrected chi connectivity index (χ4v) is 3.18. The maximum Gasteiger partial charge on any atom is 0.235 e. The van der Waals surface area contributed by atoms with Crippen LogP contribution in [0.5, 0.6) is 0 Å². The molecule has 7 nitrogen and oxygen atoms in total. The minimum Gasteiger partial charge on any atom is -0.360 e. The van der Waals surface area contributed by atoms with E-state index in [9.17, 15) is 9.59 Å². The highest BCUT2D eigenvalue weighted by Crippen LogP contribution is 2.15. The van der Waals surface area contributed by atoms with Gasteiger partial charge in [-0.05, 0) is 38.8 Å². The molecule has 1 aliphatic heterocycles. The second-order valence-corrected chi connectivity index (χ2v) is 7.22. The van der Waals surface area contributed by atoms with E-state index < -0.39 is 0 Å². The number of likely N-dealkylation sites (tertiary alicyclic amines) is 1. The van der Waals surface area contributed by atoms with Crippen molar-refractivity contribution in [1.29, 1.82) is 0 Å². The van der Waals surface area contributed by atoms with Crippen LogP contribution in [-0.2, 0) is 9.59 Å². The number of carbonyl (C=O) groups is 2. The SMILES string of the molecule is Cc1cc(NC(=O)CSCC(=O)NCCN2CCC(C)CC2)no1. The van der Waals surface area contributed by atoms with Gasteiger partial charge in [0, 0.05) is 19.2 Å². The average molecular weight is 354 g/mol. The highest BCUT2D eigenvalue weighted by atomic mass is 32.2. The summed E-state index contributed by atoms with van der Waals surface area (Å²) in [4.78, 5) is 25.9. The van der Waals surface area contributed by atoms with E-state index in [-0.39, 0.29) is 23.3 Å². The third kappa shape index (κ3) is 6.92. The van der Waals surface area contributed by atoms with Gasteiger partial charge in [-0.1, -0.05) is 12.1 Å². The summed E-state index contributed by atoms with van der Waals surface area (Å²) < 4.78 is 4.87. The molecule has 2 N–H and O–H groups in total. The van der Waals surface area contributed by atoms with Crippen LogP contribution >= 0.6 is 11.8 Å². The molecule has 134 valence electrons. The molecule has 0 aliphatic carbocycles. The maximum absolute atomic E-state index is 11.8. The molecule has 8 heteroatoms. The molecule has 1 saturated heterocycles. The summed E-state index contributed by atoms with van der Waals surface area (Å²) in [6.07, 6.45) is 2.48. The van der Waals surface area contributed by atoms with Crippen molar-refractivity contribution in [2.24, 2.45) is 5.92 Å². The highest BCUT2D eigenvalue weighted by molar-refractivity contribution is 8.00. The molecule has 0 atom stereocenters. The summed E-state index contributed by atoms with van der Waals surface area (Å²) in [6.45, 7) is 7.84. The number of nitrogens with zero attached hydrogens (tertiary/aromatic N) is 2. The van der Waals surface area contributed by atoms with Gasteiger partial charge in [0.2, 0.25) is 11.8 Å². The Labute approximate surface area is 146 Å². The van der Waals surface area contributed by atoms with Crippen LogP contribution in [-0.4, -0.2) is 59.6 Å². The van der Waals surface area contributed by atoms with E-state index in [0.29, 0.717) is 18.1 Å². The van der Waals surface area contributed by atoms with Crippen LogP contribution in [0.2, 0.25) is 0 Å². The molecule has 2 heterocycles. The average Bonchev–Trinajstić information content (AvgIpc) is 2.94. The van der Waals surface area contributed by atoms with E-state index >= 15 is 0 Å². The Hall–Kier alpha value is -1.54. The van der Waals surface area contributed by atoms with Crippen LogP contribution in [0.1, 0.15) is 25.5 Å². The number of rotatable bonds is 8. The van der Waals surface area contributed by atoms with Gasteiger partial charge in [-0.2, -0.15) is 0 Å². The molecule has 24 heavy (non-hydrogen) atoms. The van der Waals surface area contributed by atoms with E-state index in [4.69, 9.17) is 4.52 Å². The first-order valence-corrected chi connectivity index (χ1v) is 9.48. The standard InChI is InChI=1S/C16H26N4O3S/c1-12-3-6-20(7-4-12)8-5-17-15(21)10-24-11-16(22)18-14-9-13(2)23-19-14/h9,12H,3-8,10-11H2,1-2H3,(H,17,21)(H,18,19,22). The van der Waals surface area contributed by atoms with E-state index in [2.05, 4.69) is 27.6 Å². The fourth-order valence-electron chi connectivity index (χ4n) is 2.53. The molecule has 2 rings (SSSR count). The Morgan fingerprint density at radius 1 is 1.33 bits per heavy atom. The number of thioether (sulfide) groups is 1. The Bertz CT molecular complexity index is 541. The number of anilines is 1. The Morgan fingerprint density at radius 2 is 2.04 bits per heavy atom. The summed E-state index contributed by atoms with van der Waals surface area (Å²) in [5.41, 5.74) is 0. The van der Waals surface area contributed by atoms with Gasteiger partial charge in [-0.3, -0.25) is 9.59 Å². The normalized spacial score (nSPS) is 16.1. The van der Waals surface area contributed by atoms with Crippen molar-refractivity contribution in [3.05, 3.63) is 11.8 Å². The lowest BCUT2D eigenvalue weighted by Crippen LogP contribution is -2.39. The molecule has 2 amide bonds. The number of amides is 2. The third-order valence-electron chi connectivity index (χ3n) is 3.99. The van der Waals surface area contributed by atoms with Gasteiger partial charge in [-0.25, -0.2) is 0 Å². The van der Waals surface area contributed by atoms with Gasteiger partial charge >= 0.3 is 0 Å². The van der Waals surface area contributed by atoms with E-state index in [0.717, 1.165) is 25.6 Å². The van der Waals surface area contributed by atoms with Crippen LogP contribution in [0, 0.1) is 12.8 Å². The van der Waals surface area contributed by atoms with Crippen molar-refractivity contribution in [2.45, 2.75) is 26.7 Å². The number of aromatic nitrogens is 1. The molecule has 0 aromatic carbocycles.